The topological polar surface area (TPSA) is 47.6 Å². The zero-order valence-electron chi connectivity index (χ0n) is 7.29. The van der Waals surface area contributed by atoms with E-state index < -0.39 is 5.79 Å². The lowest BCUT2D eigenvalue weighted by Crippen LogP contribution is -2.45. The first-order valence-electron chi connectivity index (χ1n) is 4.19. The molecular weight excluding hydrogens is 158 g/mol. The van der Waals surface area contributed by atoms with E-state index in [-0.39, 0.29) is 18.1 Å². The molecule has 4 nitrogen and oxygen atoms in total. The zero-order chi connectivity index (χ0) is 8.77. The number of hydrogen-bond acceptors (Lipinski definition) is 3. The van der Waals surface area contributed by atoms with Crippen molar-refractivity contribution in [1.82, 2.24) is 5.32 Å². The Morgan fingerprint density at radius 1 is 1.42 bits per heavy atom. The predicted octanol–water partition coefficient (Wildman–Crippen LogP) is 0.0264. The molecular formula is C8H13NO3. The molecule has 0 aromatic carbocycles. The molecule has 0 radical (unpaired) electrons. The highest BCUT2D eigenvalue weighted by Crippen LogP contribution is 2.30. The fourth-order valence-electron chi connectivity index (χ4n) is 1.72. The molecule has 2 aliphatic rings. The number of carbonyl (C=O) groups excluding carboxylic acids is 1. The predicted molar refractivity (Wildman–Crippen MR) is 41.5 cm³/mol. The smallest absolute Gasteiger partial charge is 0.222 e. The van der Waals surface area contributed by atoms with Gasteiger partial charge >= 0.3 is 0 Å². The van der Waals surface area contributed by atoms with Gasteiger partial charge in [0.2, 0.25) is 5.91 Å². The van der Waals surface area contributed by atoms with E-state index in [1.54, 1.807) is 0 Å². The Kier molecular flexibility index (Phi) is 1.63. The minimum atomic E-state index is -0.526. The van der Waals surface area contributed by atoms with Crippen LogP contribution in [-0.2, 0) is 14.3 Å². The van der Waals surface area contributed by atoms with Gasteiger partial charge in [0, 0.05) is 6.54 Å². The monoisotopic (exact) mass is 171 g/mol. The highest BCUT2D eigenvalue weighted by Gasteiger charge is 2.44. The molecule has 1 amide bonds. The summed E-state index contributed by atoms with van der Waals surface area (Å²) < 4.78 is 11.1. The molecule has 4 heteroatoms. The Labute approximate surface area is 71.2 Å². The van der Waals surface area contributed by atoms with Gasteiger partial charge in [-0.1, -0.05) is 0 Å². The number of hydrogen-bond donors (Lipinski definition) is 1. The number of ether oxygens (including phenoxy) is 2. The van der Waals surface area contributed by atoms with E-state index in [0.29, 0.717) is 13.0 Å². The number of carbonyl (C=O) groups is 1. The van der Waals surface area contributed by atoms with Crippen molar-refractivity contribution < 1.29 is 14.3 Å². The molecule has 12 heavy (non-hydrogen) atoms. The fourth-order valence-corrected chi connectivity index (χ4v) is 1.72. The highest BCUT2D eigenvalue weighted by molar-refractivity contribution is 5.77. The second kappa shape index (κ2) is 2.44. The Hall–Kier alpha value is -0.610. The van der Waals surface area contributed by atoms with Crippen LogP contribution in [0.25, 0.3) is 0 Å². The lowest BCUT2D eigenvalue weighted by Gasteiger charge is -2.21. The van der Waals surface area contributed by atoms with E-state index in [4.69, 9.17) is 9.47 Å². The van der Waals surface area contributed by atoms with E-state index in [9.17, 15) is 4.79 Å². The van der Waals surface area contributed by atoms with Crippen molar-refractivity contribution in [3.63, 3.8) is 0 Å². The maximum Gasteiger partial charge on any atom is 0.222 e. The van der Waals surface area contributed by atoms with Gasteiger partial charge in [-0.05, 0) is 13.8 Å². The van der Waals surface area contributed by atoms with Gasteiger partial charge < -0.3 is 14.8 Å². The quantitative estimate of drug-likeness (QED) is 0.559. The first kappa shape index (κ1) is 8.01. The third kappa shape index (κ3) is 1.32. The Balaban J connectivity index is 2.07. The average Bonchev–Trinajstić information content (AvgIpc) is 2.21. The Bertz CT molecular complexity index is 214. The van der Waals surface area contributed by atoms with E-state index in [2.05, 4.69) is 5.32 Å². The summed E-state index contributed by atoms with van der Waals surface area (Å²) in [6, 6.07) is 0. The van der Waals surface area contributed by atoms with E-state index in [1.807, 2.05) is 13.8 Å². The van der Waals surface area contributed by atoms with Crippen LogP contribution < -0.4 is 5.32 Å². The van der Waals surface area contributed by atoms with Crippen molar-refractivity contribution in [3.05, 3.63) is 0 Å². The van der Waals surface area contributed by atoms with Crippen LogP contribution in [0, 0.1) is 0 Å². The summed E-state index contributed by atoms with van der Waals surface area (Å²) in [4.78, 5) is 11.0. The Morgan fingerprint density at radius 3 is 2.83 bits per heavy atom. The van der Waals surface area contributed by atoms with Crippen LogP contribution in [0.5, 0.6) is 0 Å². The van der Waals surface area contributed by atoms with Crippen molar-refractivity contribution in [2.75, 3.05) is 6.54 Å². The van der Waals surface area contributed by atoms with Crippen molar-refractivity contribution in [3.8, 4) is 0 Å². The first-order chi connectivity index (χ1) is 5.57. The molecule has 2 saturated heterocycles. The summed E-state index contributed by atoms with van der Waals surface area (Å²) >= 11 is 0. The highest BCUT2D eigenvalue weighted by atomic mass is 16.8. The fraction of sp³-hybridized carbons (Fsp3) is 0.875. The van der Waals surface area contributed by atoms with Gasteiger partial charge in [-0.15, -0.1) is 0 Å². The molecule has 0 spiro atoms. The number of fused-ring (bicyclic) bond motifs is 1. The van der Waals surface area contributed by atoms with Gasteiger partial charge in [0.15, 0.2) is 5.79 Å². The van der Waals surface area contributed by atoms with E-state index in [0.717, 1.165) is 0 Å². The van der Waals surface area contributed by atoms with Gasteiger partial charge in [-0.2, -0.15) is 0 Å². The molecule has 2 rings (SSSR count). The molecule has 2 heterocycles. The summed E-state index contributed by atoms with van der Waals surface area (Å²) in [7, 11) is 0. The first-order valence-corrected chi connectivity index (χ1v) is 4.19. The summed E-state index contributed by atoms with van der Waals surface area (Å²) in [5.74, 6) is -0.473. The maximum absolute atomic E-state index is 11.0. The van der Waals surface area contributed by atoms with Gasteiger partial charge in [0.05, 0.1) is 12.5 Å². The zero-order valence-corrected chi connectivity index (χ0v) is 7.29. The molecule has 0 bridgehead atoms. The molecule has 2 aliphatic heterocycles. The minimum Gasteiger partial charge on any atom is -0.353 e. The van der Waals surface area contributed by atoms with Crippen LogP contribution in [-0.4, -0.2) is 30.4 Å². The normalized spacial score (nSPS) is 39.0. The van der Waals surface area contributed by atoms with Crippen LogP contribution in [0.2, 0.25) is 0 Å². The van der Waals surface area contributed by atoms with Crippen molar-refractivity contribution in [2.24, 2.45) is 0 Å². The SMILES string of the molecule is CC1(C)O[C@H]2CNC(=O)C[C@H]2O1. The third-order valence-corrected chi connectivity index (χ3v) is 2.17. The van der Waals surface area contributed by atoms with Crippen LogP contribution in [0.15, 0.2) is 0 Å². The van der Waals surface area contributed by atoms with Gasteiger partial charge in [-0.25, -0.2) is 0 Å². The Morgan fingerprint density at radius 2 is 2.08 bits per heavy atom. The number of rotatable bonds is 0. The van der Waals surface area contributed by atoms with Crippen LogP contribution in [0.1, 0.15) is 20.3 Å². The molecule has 0 aromatic rings. The van der Waals surface area contributed by atoms with Crippen molar-refractivity contribution >= 4 is 5.91 Å². The average molecular weight is 171 g/mol. The summed E-state index contributed by atoms with van der Waals surface area (Å²) in [6.45, 7) is 4.32. The van der Waals surface area contributed by atoms with Crippen LogP contribution in [0.3, 0.4) is 0 Å². The molecule has 0 unspecified atom stereocenters. The molecule has 68 valence electrons. The van der Waals surface area contributed by atoms with Crippen LogP contribution in [0.4, 0.5) is 0 Å². The summed E-state index contributed by atoms with van der Waals surface area (Å²) in [5, 5.41) is 2.75. The summed E-state index contributed by atoms with van der Waals surface area (Å²) in [5.41, 5.74) is 0. The molecule has 2 atom stereocenters. The second-order valence-electron chi connectivity index (χ2n) is 3.72. The summed E-state index contributed by atoms with van der Waals surface area (Å²) in [6.07, 6.45) is 0.417. The maximum atomic E-state index is 11.0. The number of nitrogens with one attached hydrogen (secondary N) is 1. The number of piperidine rings is 1. The van der Waals surface area contributed by atoms with E-state index >= 15 is 0 Å². The van der Waals surface area contributed by atoms with Crippen molar-refractivity contribution in [1.29, 1.82) is 0 Å². The number of amides is 1. The van der Waals surface area contributed by atoms with Gasteiger partial charge in [-0.3, -0.25) is 4.79 Å². The second-order valence-corrected chi connectivity index (χ2v) is 3.72. The molecule has 0 aromatic heterocycles. The lowest BCUT2D eigenvalue weighted by molar-refractivity contribution is -0.145. The van der Waals surface area contributed by atoms with E-state index in [1.165, 1.54) is 0 Å². The molecule has 1 N–H and O–H groups in total. The van der Waals surface area contributed by atoms with Gasteiger partial charge in [0.25, 0.3) is 0 Å². The van der Waals surface area contributed by atoms with Gasteiger partial charge in [0.1, 0.15) is 6.10 Å². The molecule has 0 saturated carbocycles. The standard InChI is InChI=1S/C8H13NO3/c1-8(2)11-5-3-7(10)9-4-6(5)12-8/h5-6H,3-4H2,1-2H3,(H,9,10)/t5-,6+/m1/s1. The minimum absolute atomic E-state index is 0.0395. The van der Waals surface area contributed by atoms with Crippen molar-refractivity contribution in [2.45, 2.75) is 38.3 Å². The lowest BCUT2D eigenvalue weighted by atomic mass is 10.1. The largest absolute Gasteiger partial charge is 0.353 e. The third-order valence-electron chi connectivity index (χ3n) is 2.17. The molecule has 0 aliphatic carbocycles. The molecule has 2 fully saturated rings. The van der Waals surface area contributed by atoms with Crippen LogP contribution >= 0.6 is 0 Å².